The van der Waals surface area contributed by atoms with Crippen molar-refractivity contribution < 1.29 is 28.6 Å². The second-order valence-electron chi connectivity index (χ2n) is 8.09. The average Bonchev–Trinajstić information content (AvgIpc) is 2.78. The molecular weight excluding hydrogens is 427 g/mol. The Bertz CT molecular complexity index is 871. The number of hydrogen-bond donors (Lipinski definition) is 2. The number of urea groups is 1. The molecule has 7 nitrogen and oxygen atoms in total. The van der Waals surface area contributed by atoms with Crippen LogP contribution in [0.2, 0.25) is 0 Å². The van der Waals surface area contributed by atoms with E-state index >= 15 is 0 Å². The van der Waals surface area contributed by atoms with Gasteiger partial charge in [0, 0.05) is 25.3 Å². The minimum atomic E-state index is -0.988. The third-order valence-corrected chi connectivity index (χ3v) is 4.98. The van der Waals surface area contributed by atoms with Gasteiger partial charge in [-0.3, -0.25) is 0 Å². The molecule has 0 spiro atoms. The number of anilines is 1. The lowest BCUT2D eigenvalue weighted by Crippen LogP contribution is -2.39. The first-order valence-corrected chi connectivity index (χ1v) is 11.2. The first-order valence-electron chi connectivity index (χ1n) is 11.2. The molecule has 0 aromatic heterocycles. The number of nitrogens with one attached hydrogen (secondary N) is 1. The largest absolute Gasteiger partial charge is 0.492 e. The summed E-state index contributed by atoms with van der Waals surface area (Å²) in [6.45, 7) is 7.53. The molecular formula is C25H33FN2O5. The van der Waals surface area contributed by atoms with Crippen LogP contribution in [0.25, 0.3) is 0 Å². The standard InChI is InChI=1S/C25H33FN2O5/c1-4-32-23(24(29)30)17-19-5-11-22(12-6-19)33-16-15-28(14-13-18(2)3)25(31)27-21-9-7-20(26)8-10-21/h5-12,18,23H,4,13-17H2,1-3H3,(H,27,31)(H,29,30). The zero-order chi connectivity index (χ0) is 24.2. The molecule has 2 aromatic carbocycles. The molecule has 2 N–H and O–H groups in total. The van der Waals surface area contributed by atoms with Gasteiger partial charge in [-0.2, -0.15) is 0 Å². The van der Waals surface area contributed by atoms with Crippen molar-refractivity contribution in [2.75, 3.05) is 31.6 Å². The number of nitrogens with zero attached hydrogens (tertiary/aromatic N) is 1. The van der Waals surface area contributed by atoms with Crippen molar-refractivity contribution in [3.63, 3.8) is 0 Å². The van der Waals surface area contributed by atoms with E-state index in [2.05, 4.69) is 19.2 Å². The molecule has 0 aliphatic heterocycles. The fourth-order valence-electron chi connectivity index (χ4n) is 3.09. The molecule has 2 rings (SSSR count). The minimum absolute atomic E-state index is 0.267. The van der Waals surface area contributed by atoms with Crippen LogP contribution in [0.3, 0.4) is 0 Å². The van der Waals surface area contributed by atoms with Crippen LogP contribution in [0.5, 0.6) is 5.75 Å². The SMILES string of the molecule is CCOC(Cc1ccc(OCCN(CCC(C)C)C(=O)Nc2ccc(F)cc2)cc1)C(=O)O. The highest BCUT2D eigenvalue weighted by atomic mass is 19.1. The van der Waals surface area contributed by atoms with Crippen molar-refractivity contribution in [2.24, 2.45) is 5.92 Å². The summed E-state index contributed by atoms with van der Waals surface area (Å²) in [5.74, 6) is -0.284. The molecule has 0 radical (unpaired) electrons. The van der Waals surface area contributed by atoms with E-state index in [0.717, 1.165) is 12.0 Å². The summed E-state index contributed by atoms with van der Waals surface area (Å²) in [7, 11) is 0. The second-order valence-corrected chi connectivity index (χ2v) is 8.09. The van der Waals surface area contributed by atoms with Gasteiger partial charge in [0.15, 0.2) is 6.10 Å². The number of carboxylic acids is 1. The van der Waals surface area contributed by atoms with Crippen LogP contribution in [-0.2, 0) is 16.0 Å². The van der Waals surface area contributed by atoms with Gasteiger partial charge < -0.3 is 24.8 Å². The lowest BCUT2D eigenvalue weighted by Gasteiger charge is -2.24. The van der Waals surface area contributed by atoms with Crippen molar-refractivity contribution in [1.29, 1.82) is 0 Å². The molecule has 0 saturated heterocycles. The number of carbonyl (C=O) groups is 2. The third-order valence-electron chi connectivity index (χ3n) is 4.98. The van der Waals surface area contributed by atoms with E-state index in [1.165, 1.54) is 24.3 Å². The highest BCUT2D eigenvalue weighted by Gasteiger charge is 2.18. The van der Waals surface area contributed by atoms with E-state index in [0.29, 0.717) is 43.7 Å². The van der Waals surface area contributed by atoms with Crippen molar-refractivity contribution >= 4 is 17.7 Å². The van der Waals surface area contributed by atoms with Gasteiger partial charge in [0.2, 0.25) is 0 Å². The van der Waals surface area contributed by atoms with Gasteiger partial charge in [-0.25, -0.2) is 14.0 Å². The zero-order valence-electron chi connectivity index (χ0n) is 19.4. The summed E-state index contributed by atoms with van der Waals surface area (Å²) in [5.41, 5.74) is 1.36. The van der Waals surface area contributed by atoms with Crippen molar-refractivity contribution in [3.8, 4) is 5.75 Å². The van der Waals surface area contributed by atoms with Crippen molar-refractivity contribution in [3.05, 3.63) is 59.9 Å². The minimum Gasteiger partial charge on any atom is -0.492 e. The molecule has 0 saturated carbocycles. The van der Waals surface area contributed by atoms with E-state index in [1.807, 2.05) is 12.1 Å². The van der Waals surface area contributed by atoms with Crippen LogP contribution in [0.15, 0.2) is 48.5 Å². The zero-order valence-corrected chi connectivity index (χ0v) is 19.4. The van der Waals surface area contributed by atoms with Gasteiger partial charge in [-0.1, -0.05) is 26.0 Å². The lowest BCUT2D eigenvalue weighted by molar-refractivity contribution is -0.149. The first-order chi connectivity index (χ1) is 15.8. The van der Waals surface area contributed by atoms with Gasteiger partial charge >= 0.3 is 12.0 Å². The summed E-state index contributed by atoms with van der Waals surface area (Å²) in [6, 6.07) is 12.5. The van der Waals surface area contributed by atoms with Crippen LogP contribution < -0.4 is 10.1 Å². The van der Waals surface area contributed by atoms with Gasteiger partial charge in [-0.15, -0.1) is 0 Å². The predicted octanol–water partition coefficient (Wildman–Crippen LogP) is 4.82. The van der Waals surface area contributed by atoms with E-state index in [4.69, 9.17) is 9.47 Å². The Morgan fingerprint density at radius 1 is 1.06 bits per heavy atom. The van der Waals surface area contributed by atoms with Crippen molar-refractivity contribution in [1.82, 2.24) is 4.90 Å². The molecule has 0 aliphatic carbocycles. The Labute approximate surface area is 194 Å². The molecule has 1 atom stereocenters. The molecule has 0 fully saturated rings. The number of ether oxygens (including phenoxy) is 2. The second kappa shape index (κ2) is 13.4. The Balaban J connectivity index is 1.90. The fraction of sp³-hybridized carbons (Fsp3) is 0.440. The number of benzene rings is 2. The quantitative estimate of drug-likeness (QED) is 0.448. The smallest absolute Gasteiger partial charge is 0.333 e. The van der Waals surface area contributed by atoms with E-state index in [-0.39, 0.29) is 18.3 Å². The molecule has 0 heterocycles. The maximum atomic E-state index is 13.1. The van der Waals surface area contributed by atoms with E-state index in [9.17, 15) is 19.1 Å². The molecule has 180 valence electrons. The summed E-state index contributed by atoms with van der Waals surface area (Å²) in [5, 5.41) is 12.0. The maximum absolute atomic E-state index is 13.1. The maximum Gasteiger partial charge on any atom is 0.333 e. The van der Waals surface area contributed by atoms with Crippen LogP contribution in [0.4, 0.5) is 14.9 Å². The van der Waals surface area contributed by atoms with Gasteiger partial charge in [-0.05, 0) is 61.2 Å². The topological polar surface area (TPSA) is 88.1 Å². The predicted molar refractivity (Wildman–Crippen MR) is 125 cm³/mol. The molecule has 1 unspecified atom stereocenters. The molecule has 2 aromatic rings. The van der Waals surface area contributed by atoms with Gasteiger partial charge in [0.1, 0.15) is 18.2 Å². The first kappa shape index (κ1) is 26.1. The number of carbonyl (C=O) groups excluding carboxylic acids is 1. The Hall–Kier alpha value is -3.13. The van der Waals surface area contributed by atoms with Gasteiger partial charge in [0.25, 0.3) is 0 Å². The van der Waals surface area contributed by atoms with Crippen LogP contribution in [-0.4, -0.2) is 54.4 Å². The molecule has 0 bridgehead atoms. The summed E-state index contributed by atoms with van der Waals surface area (Å²) in [4.78, 5) is 25.6. The van der Waals surface area contributed by atoms with Crippen LogP contribution in [0.1, 0.15) is 32.8 Å². The fourth-order valence-corrected chi connectivity index (χ4v) is 3.09. The molecule has 8 heteroatoms. The average molecular weight is 461 g/mol. The van der Waals surface area contributed by atoms with E-state index in [1.54, 1.807) is 24.0 Å². The van der Waals surface area contributed by atoms with Crippen LogP contribution >= 0.6 is 0 Å². The third kappa shape index (κ3) is 9.49. The number of aliphatic carboxylic acids is 1. The monoisotopic (exact) mass is 460 g/mol. The molecule has 0 aliphatic rings. The number of rotatable bonds is 13. The van der Waals surface area contributed by atoms with E-state index < -0.39 is 12.1 Å². The lowest BCUT2D eigenvalue weighted by atomic mass is 10.1. The number of carboxylic acid groups (broad SMARTS) is 1. The normalized spacial score (nSPS) is 11.8. The van der Waals surface area contributed by atoms with Crippen molar-refractivity contribution in [2.45, 2.75) is 39.7 Å². The summed E-state index contributed by atoms with van der Waals surface area (Å²) >= 11 is 0. The van der Waals surface area contributed by atoms with Crippen LogP contribution in [0, 0.1) is 11.7 Å². The molecule has 2 amide bonds. The highest BCUT2D eigenvalue weighted by Crippen LogP contribution is 2.15. The summed E-state index contributed by atoms with van der Waals surface area (Å²) in [6.07, 6.45) is 0.238. The molecule has 33 heavy (non-hydrogen) atoms. The number of amides is 2. The Kier molecular flexibility index (Phi) is 10.6. The number of hydrogen-bond acceptors (Lipinski definition) is 4. The summed E-state index contributed by atoms with van der Waals surface area (Å²) < 4.78 is 24.1. The van der Waals surface area contributed by atoms with Gasteiger partial charge in [0.05, 0.1) is 6.54 Å². The highest BCUT2D eigenvalue weighted by molar-refractivity contribution is 5.89. The Morgan fingerprint density at radius 2 is 1.73 bits per heavy atom. The number of halogens is 1. The Morgan fingerprint density at radius 3 is 2.30 bits per heavy atom.